The number of phosphoric acid groups is 2. The molecule has 0 saturated carbocycles. The average Bonchev–Trinajstić information content (AvgIpc) is 3.53. The van der Waals surface area contributed by atoms with E-state index in [4.69, 9.17) is 37.0 Å². The highest BCUT2D eigenvalue weighted by atomic mass is 31.2. The van der Waals surface area contributed by atoms with E-state index in [0.29, 0.717) is 25.7 Å². The molecule has 0 aromatic heterocycles. The van der Waals surface area contributed by atoms with Gasteiger partial charge < -0.3 is 33.8 Å². The largest absolute Gasteiger partial charge is 0.472 e. The first-order valence-electron chi connectivity index (χ1n) is 35.8. The number of hydrogen-bond donors (Lipinski definition) is 3. The lowest BCUT2D eigenvalue weighted by atomic mass is 10.00. The van der Waals surface area contributed by atoms with Gasteiger partial charge in [-0.15, -0.1) is 0 Å². The van der Waals surface area contributed by atoms with Gasteiger partial charge in [-0.05, 0) is 49.4 Å². The number of aliphatic hydroxyl groups excluding tert-OH is 1. The van der Waals surface area contributed by atoms with Gasteiger partial charge in [-0.2, -0.15) is 0 Å². The zero-order valence-corrected chi connectivity index (χ0v) is 59.1. The molecular formula is C69H134O17P2. The van der Waals surface area contributed by atoms with Crippen LogP contribution in [0.5, 0.6) is 0 Å². The Kier molecular flexibility index (Phi) is 57.6. The van der Waals surface area contributed by atoms with E-state index in [-0.39, 0.29) is 25.7 Å². The summed E-state index contributed by atoms with van der Waals surface area (Å²) in [5.41, 5.74) is 0. The van der Waals surface area contributed by atoms with Crippen LogP contribution in [0.25, 0.3) is 0 Å². The van der Waals surface area contributed by atoms with Gasteiger partial charge in [0, 0.05) is 25.7 Å². The molecule has 0 spiro atoms. The highest BCUT2D eigenvalue weighted by Gasteiger charge is 2.30. The summed E-state index contributed by atoms with van der Waals surface area (Å²) in [7, 11) is -9.90. The molecule has 0 amide bonds. The number of unbranched alkanes of at least 4 members (excludes halogenated alkanes) is 30. The Bertz CT molecular complexity index is 1750. The van der Waals surface area contributed by atoms with E-state index in [2.05, 4.69) is 55.4 Å². The summed E-state index contributed by atoms with van der Waals surface area (Å²) in [6, 6.07) is 0. The monoisotopic (exact) mass is 1300 g/mol. The molecule has 17 nitrogen and oxygen atoms in total. The van der Waals surface area contributed by atoms with Gasteiger partial charge in [-0.25, -0.2) is 9.13 Å². The van der Waals surface area contributed by atoms with Crippen molar-refractivity contribution in [2.75, 3.05) is 39.6 Å². The van der Waals surface area contributed by atoms with Gasteiger partial charge in [0.05, 0.1) is 26.4 Å². The summed E-state index contributed by atoms with van der Waals surface area (Å²) in [5, 5.41) is 10.6. The molecule has 0 saturated heterocycles. The molecule has 0 aromatic rings. The van der Waals surface area contributed by atoms with Crippen molar-refractivity contribution in [1.82, 2.24) is 0 Å². The number of esters is 4. The van der Waals surface area contributed by atoms with Gasteiger partial charge in [0.2, 0.25) is 0 Å². The van der Waals surface area contributed by atoms with Gasteiger partial charge in [-0.3, -0.25) is 37.3 Å². The van der Waals surface area contributed by atoms with Crippen LogP contribution in [0.3, 0.4) is 0 Å². The zero-order valence-electron chi connectivity index (χ0n) is 57.3. The predicted molar refractivity (Wildman–Crippen MR) is 354 cm³/mol. The first kappa shape index (κ1) is 86.1. The summed E-state index contributed by atoms with van der Waals surface area (Å²) < 4.78 is 68.2. The van der Waals surface area contributed by atoms with E-state index in [1.807, 2.05) is 0 Å². The molecule has 0 aliphatic rings. The minimum absolute atomic E-state index is 0.102. The Balaban J connectivity index is 5.24. The quantitative estimate of drug-likeness (QED) is 0.0222. The summed E-state index contributed by atoms with van der Waals surface area (Å²) in [6.07, 6.45) is 40.4. The normalized spacial score (nSPS) is 14.9. The van der Waals surface area contributed by atoms with E-state index in [0.717, 1.165) is 120 Å². The topological polar surface area (TPSA) is 237 Å². The van der Waals surface area contributed by atoms with E-state index in [1.54, 1.807) is 0 Å². The maximum Gasteiger partial charge on any atom is 0.472 e. The molecule has 3 N–H and O–H groups in total. The van der Waals surface area contributed by atoms with Gasteiger partial charge in [0.15, 0.2) is 12.2 Å². The summed E-state index contributed by atoms with van der Waals surface area (Å²) in [5.74, 6) is 0.844. The molecule has 0 radical (unpaired) electrons. The summed E-state index contributed by atoms with van der Waals surface area (Å²) in [4.78, 5) is 72.5. The van der Waals surface area contributed by atoms with Gasteiger partial charge >= 0.3 is 39.5 Å². The fraction of sp³-hybridized carbons (Fsp3) is 0.942. The van der Waals surface area contributed by atoms with Crippen LogP contribution in [-0.2, 0) is 65.4 Å². The maximum absolute atomic E-state index is 13.0. The number of phosphoric ester groups is 2. The molecule has 0 fully saturated rings. The molecule has 88 heavy (non-hydrogen) atoms. The fourth-order valence-corrected chi connectivity index (χ4v) is 11.8. The SMILES string of the molecule is CCC(C)CCCCCCCCC(=O)OC[C@H](COP(=O)(O)OC[C@H](O)COP(=O)(O)OC[C@@H](COC(=O)CCCCCCCCCCCCCCCC(C)C)OC(=O)CCCCCCCCCCCC(C)C)OC(=O)CCCCCCCCC(C)CC. The van der Waals surface area contributed by atoms with Crippen LogP contribution in [0.15, 0.2) is 0 Å². The highest BCUT2D eigenvalue weighted by molar-refractivity contribution is 7.47. The van der Waals surface area contributed by atoms with Crippen LogP contribution in [-0.4, -0.2) is 96.7 Å². The minimum atomic E-state index is -4.95. The molecule has 7 atom stereocenters. The van der Waals surface area contributed by atoms with Gasteiger partial charge in [0.1, 0.15) is 19.3 Å². The molecule has 522 valence electrons. The van der Waals surface area contributed by atoms with Crippen molar-refractivity contribution >= 4 is 39.5 Å². The number of carbonyl (C=O) groups excluding carboxylic acids is 4. The third-order valence-corrected chi connectivity index (χ3v) is 18.4. The standard InChI is InChI=1S/C69H134O17P2/c1-9-61(7)47-39-31-25-27-34-42-50-67(72)80-56-65(86-69(74)52-44-36-28-26-32-40-48-62(8)10-2)58-84-88(77,78)82-54-63(70)53-81-87(75,76)83-57-64(85-68(73)51-43-35-24-20-16-18-22-30-38-46-60(5)6)55-79-66(71)49-41-33-23-19-15-13-11-12-14-17-21-29-37-45-59(3)4/h59-65,70H,9-58H2,1-8H3,(H,75,76)(H,77,78)/t61?,62?,63-,64-,65-/m1/s1. The number of rotatable bonds is 66. The molecule has 0 aromatic carbocycles. The molecule has 19 heteroatoms. The number of ether oxygens (including phenoxy) is 4. The maximum atomic E-state index is 13.0. The summed E-state index contributed by atoms with van der Waals surface area (Å²) in [6.45, 7) is 14.0. The highest BCUT2D eigenvalue weighted by Crippen LogP contribution is 2.45. The molecule has 0 heterocycles. The summed E-state index contributed by atoms with van der Waals surface area (Å²) >= 11 is 0. The van der Waals surface area contributed by atoms with Crippen LogP contribution < -0.4 is 0 Å². The third kappa shape index (κ3) is 60.3. The Hall–Kier alpha value is -1.94. The second-order valence-electron chi connectivity index (χ2n) is 26.4. The molecule has 4 unspecified atom stereocenters. The number of carbonyl (C=O) groups is 4. The van der Waals surface area contributed by atoms with Crippen molar-refractivity contribution in [2.24, 2.45) is 23.7 Å². The molecule has 0 bridgehead atoms. The average molecular weight is 1300 g/mol. The lowest BCUT2D eigenvalue weighted by Gasteiger charge is -2.21. The lowest BCUT2D eigenvalue weighted by molar-refractivity contribution is -0.161. The van der Waals surface area contributed by atoms with Crippen molar-refractivity contribution in [1.29, 1.82) is 0 Å². The van der Waals surface area contributed by atoms with Gasteiger partial charge in [0.25, 0.3) is 0 Å². The van der Waals surface area contributed by atoms with Crippen LogP contribution in [0, 0.1) is 23.7 Å². The van der Waals surface area contributed by atoms with E-state index in [1.165, 1.54) is 135 Å². The van der Waals surface area contributed by atoms with Crippen molar-refractivity contribution in [2.45, 2.75) is 356 Å². The molecular weight excluding hydrogens is 1160 g/mol. The second kappa shape index (κ2) is 58.8. The molecule has 0 rings (SSSR count). The third-order valence-electron chi connectivity index (χ3n) is 16.5. The lowest BCUT2D eigenvalue weighted by Crippen LogP contribution is -2.30. The van der Waals surface area contributed by atoms with Crippen molar-refractivity contribution in [3.8, 4) is 0 Å². The Morgan fingerprint density at radius 1 is 0.318 bits per heavy atom. The predicted octanol–water partition coefficient (Wildman–Crippen LogP) is 19.3. The molecule has 0 aliphatic heterocycles. The van der Waals surface area contributed by atoms with E-state index in [9.17, 15) is 43.2 Å². The van der Waals surface area contributed by atoms with Crippen molar-refractivity contribution in [3.63, 3.8) is 0 Å². The van der Waals surface area contributed by atoms with Gasteiger partial charge in [-0.1, -0.05) is 287 Å². The fourth-order valence-electron chi connectivity index (χ4n) is 10.2. The minimum Gasteiger partial charge on any atom is -0.462 e. The van der Waals surface area contributed by atoms with Crippen LogP contribution >= 0.6 is 15.6 Å². The number of hydrogen-bond acceptors (Lipinski definition) is 15. The first-order chi connectivity index (χ1) is 42.2. The van der Waals surface area contributed by atoms with Crippen LogP contribution in [0.2, 0.25) is 0 Å². The van der Waals surface area contributed by atoms with Crippen LogP contribution in [0.4, 0.5) is 0 Å². The van der Waals surface area contributed by atoms with Crippen LogP contribution in [0.1, 0.15) is 338 Å². The van der Waals surface area contributed by atoms with Crippen molar-refractivity contribution < 1.29 is 80.2 Å². The zero-order chi connectivity index (χ0) is 65.4. The van der Waals surface area contributed by atoms with E-state index >= 15 is 0 Å². The Morgan fingerprint density at radius 3 is 0.807 bits per heavy atom. The molecule has 0 aliphatic carbocycles. The first-order valence-corrected chi connectivity index (χ1v) is 38.8. The van der Waals surface area contributed by atoms with Crippen molar-refractivity contribution in [3.05, 3.63) is 0 Å². The smallest absolute Gasteiger partial charge is 0.462 e. The Morgan fingerprint density at radius 2 is 0.545 bits per heavy atom. The van der Waals surface area contributed by atoms with E-state index < -0.39 is 97.5 Å². The number of aliphatic hydroxyl groups is 1. The second-order valence-corrected chi connectivity index (χ2v) is 29.3. The Labute approximate surface area is 537 Å².